The lowest BCUT2D eigenvalue weighted by Crippen LogP contribution is -2.26. The van der Waals surface area contributed by atoms with Gasteiger partial charge in [-0.2, -0.15) is 0 Å². The van der Waals surface area contributed by atoms with Crippen molar-refractivity contribution in [1.82, 2.24) is 0 Å². The van der Waals surface area contributed by atoms with Gasteiger partial charge in [-0.25, -0.2) is 0 Å². The first-order chi connectivity index (χ1) is 9.26. The lowest BCUT2D eigenvalue weighted by atomic mass is 9.73. The third kappa shape index (κ3) is 3.50. The van der Waals surface area contributed by atoms with Gasteiger partial charge in [0.25, 0.3) is 0 Å². The Hall–Kier alpha value is -1.02. The number of benzene rings is 1. The molecule has 1 aromatic carbocycles. The van der Waals surface area contributed by atoms with E-state index in [0.717, 1.165) is 30.7 Å². The highest BCUT2D eigenvalue weighted by Crippen LogP contribution is 2.40. The summed E-state index contributed by atoms with van der Waals surface area (Å²) in [6, 6.07) is 8.42. The average Bonchev–Trinajstić information content (AvgIpc) is 2.42. The van der Waals surface area contributed by atoms with E-state index in [-0.39, 0.29) is 0 Å². The molecule has 0 aromatic heterocycles. The van der Waals surface area contributed by atoms with Crippen LogP contribution in [0.2, 0.25) is 0 Å². The number of hydrogen-bond acceptors (Lipinski definition) is 2. The molecule has 0 saturated heterocycles. The van der Waals surface area contributed by atoms with Gasteiger partial charge in [0.05, 0.1) is 6.61 Å². The summed E-state index contributed by atoms with van der Waals surface area (Å²) in [5.41, 5.74) is 7.40. The Morgan fingerprint density at radius 2 is 2.11 bits per heavy atom. The Balaban J connectivity index is 2.20. The van der Waals surface area contributed by atoms with Gasteiger partial charge in [-0.1, -0.05) is 38.0 Å². The molecule has 0 aliphatic heterocycles. The smallest absolute Gasteiger partial charge is 0.122 e. The van der Waals surface area contributed by atoms with Gasteiger partial charge in [-0.05, 0) is 49.8 Å². The molecule has 0 spiro atoms. The Morgan fingerprint density at radius 3 is 2.79 bits per heavy atom. The van der Waals surface area contributed by atoms with Gasteiger partial charge in [0.15, 0.2) is 0 Å². The molecule has 0 radical (unpaired) electrons. The molecule has 3 unspecified atom stereocenters. The Morgan fingerprint density at radius 1 is 1.32 bits per heavy atom. The summed E-state index contributed by atoms with van der Waals surface area (Å²) in [7, 11) is 0. The molecule has 2 nitrogen and oxygen atoms in total. The number of para-hydroxylation sites is 1. The maximum Gasteiger partial charge on any atom is 0.122 e. The van der Waals surface area contributed by atoms with Crippen LogP contribution < -0.4 is 10.5 Å². The van der Waals surface area contributed by atoms with Crippen molar-refractivity contribution >= 4 is 0 Å². The summed E-state index contributed by atoms with van der Waals surface area (Å²) < 4.78 is 5.78. The molecule has 0 amide bonds. The maximum atomic E-state index is 6.09. The van der Waals surface area contributed by atoms with Crippen molar-refractivity contribution in [3.05, 3.63) is 29.8 Å². The molecule has 2 rings (SSSR count). The van der Waals surface area contributed by atoms with Crippen molar-refractivity contribution in [3.8, 4) is 5.75 Å². The van der Waals surface area contributed by atoms with E-state index in [9.17, 15) is 0 Å². The second-order valence-electron chi connectivity index (χ2n) is 5.84. The number of nitrogens with two attached hydrogens (primary N) is 1. The van der Waals surface area contributed by atoms with Crippen LogP contribution in [0, 0.1) is 11.8 Å². The molecule has 2 heteroatoms. The molecule has 1 saturated carbocycles. The minimum atomic E-state index is 0.450. The van der Waals surface area contributed by atoms with E-state index >= 15 is 0 Å². The third-order valence-corrected chi connectivity index (χ3v) is 4.42. The van der Waals surface area contributed by atoms with Crippen LogP contribution in [-0.4, -0.2) is 13.2 Å². The molecule has 106 valence electrons. The maximum absolute atomic E-state index is 6.09. The molecular formula is C17H27NO. The predicted molar refractivity (Wildman–Crippen MR) is 80.5 cm³/mol. The molecular weight excluding hydrogens is 234 g/mol. The van der Waals surface area contributed by atoms with E-state index in [1.807, 2.05) is 13.0 Å². The first-order valence-electron chi connectivity index (χ1n) is 7.68. The molecule has 1 aliphatic carbocycles. The second-order valence-corrected chi connectivity index (χ2v) is 5.84. The Bertz CT molecular complexity index is 391. The lowest BCUT2D eigenvalue weighted by Gasteiger charge is -2.33. The summed E-state index contributed by atoms with van der Waals surface area (Å²) in [4.78, 5) is 0. The molecule has 1 fully saturated rings. The van der Waals surface area contributed by atoms with E-state index in [0.29, 0.717) is 5.92 Å². The van der Waals surface area contributed by atoms with Crippen LogP contribution in [0.15, 0.2) is 24.3 Å². The molecule has 1 aromatic rings. The topological polar surface area (TPSA) is 35.2 Å². The molecule has 0 heterocycles. The molecule has 19 heavy (non-hydrogen) atoms. The van der Waals surface area contributed by atoms with Crippen LogP contribution in [-0.2, 0) is 0 Å². The van der Waals surface area contributed by atoms with Gasteiger partial charge in [-0.15, -0.1) is 0 Å². The molecule has 1 aliphatic rings. The minimum absolute atomic E-state index is 0.450. The van der Waals surface area contributed by atoms with Crippen molar-refractivity contribution in [2.45, 2.75) is 45.4 Å². The minimum Gasteiger partial charge on any atom is -0.494 e. The zero-order chi connectivity index (χ0) is 13.7. The average molecular weight is 261 g/mol. The van der Waals surface area contributed by atoms with Crippen molar-refractivity contribution < 1.29 is 4.74 Å². The summed E-state index contributed by atoms with van der Waals surface area (Å²) in [6.07, 6.45) is 5.34. The van der Waals surface area contributed by atoms with Gasteiger partial charge in [-0.3, -0.25) is 0 Å². The highest BCUT2D eigenvalue weighted by atomic mass is 16.5. The quantitative estimate of drug-likeness (QED) is 0.871. The number of hydrogen-bond donors (Lipinski definition) is 1. The van der Waals surface area contributed by atoms with Crippen molar-refractivity contribution in [2.24, 2.45) is 17.6 Å². The van der Waals surface area contributed by atoms with E-state index in [1.54, 1.807) is 0 Å². The molecule has 3 atom stereocenters. The van der Waals surface area contributed by atoms with E-state index < -0.39 is 0 Å². The monoisotopic (exact) mass is 261 g/mol. The van der Waals surface area contributed by atoms with E-state index in [4.69, 9.17) is 10.5 Å². The summed E-state index contributed by atoms with van der Waals surface area (Å²) in [5.74, 6) is 3.03. The Kier molecular flexibility index (Phi) is 5.26. The molecule has 2 N–H and O–H groups in total. The molecule has 0 bridgehead atoms. The van der Waals surface area contributed by atoms with Crippen LogP contribution in [0.4, 0.5) is 0 Å². The van der Waals surface area contributed by atoms with Crippen LogP contribution in [0.1, 0.15) is 51.0 Å². The third-order valence-electron chi connectivity index (χ3n) is 4.42. The van der Waals surface area contributed by atoms with Gasteiger partial charge in [0.1, 0.15) is 5.75 Å². The Labute approximate surface area is 117 Å². The first kappa shape index (κ1) is 14.4. The van der Waals surface area contributed by atoms with Crippen LogP contribution in [0.5, 0.6) is 5.75 Å². The highest BCUT2D eigenvalue weighted by molar-refractivity contribution is 5.37. The van der Waals surface area contributed by atoms with Crippen LogP contribution in [0.25, 0.3) is 0 Å². The standard InChI is InChI=1S/C17H27NO/c1-3-19-17-10-5-4-9-15(17)16(12-18)14-8-6-7-13(2)11-14/h4-5,9-10,13-14,16H,3,6-8,11-12,18H2,1-2H3. The van der Waals surface area contributed by atoms with Gasteiger partial charge in [0, 0.05) is 5.92 Å². The van der Waals surface area contributed by atoms with Gasteiger partial charge in [0.2, 0.25) is 0 Å². The fourth-order valence-corrected chi connectivity index (χ4v) is 3.49. The lowest BCUT2D eigenvalue weighted by molar-refractivity contribution is 0.242. The zero-order valence-corrected chi connectivity index (χ0v) is 12.3. The number of rotatable bonds is 5. The van der Waals surface area contributed by atoms with Crippen molar-refractivity contribution in [2.75, 3.05) is 13.2 Å². The van der Waals surface area contributed by atoms with E-state index in [1.165, 1.54) is 31.2 Å². The van der Waals surface area contributed by atoms with Crippen molar-refractivity contribution in [3.63, 3.8) is 0 Å². The number of ether oxygens (including phenoxy) is 1. The predicted octanol–water partition coefficient (Wildman–Crippen LogP) is 3.95. The second kappa shape index (κ2) is 6.95. The van der Waals surface area contributed by atoms with Gasteiger partial charge >= 0.3 is 0 Å². The largest absolute Gasteiger partial charge is 0.494 e. The van der Waals surface area contributed by atoms with E-state index in [2.05, 4.69) is 25.1 Å². The van der Waals surface area contributed by atoms with Crippen molar-refractivity contribution in [1.29, 1.82) is 0 Å². The zero-order valence-electron chi connectivity index (χ0n) is 12.3. The fraction of sp³-hybridized carbons (Fsp3) is 0.647. The van der Waals surface area contributed by atoms with Crippen LogP contribution >= 0.6 is 0 Å². The summed E-state index contributed by atoms with van der Waals surface area (Å²) >= 11 is 0. The highest BCUT2D eigenvalue weighted by Gasteiger charge is 2.28. The van der Waals surface area contributed by atoms with Crippen LogP contribution in [0.3, 0.4) is 0 Å². The van der Waals surface area contributed by atoms with Gasteiger partial charge < -0.3 is 10.5 Å². The summed E-state index contributed by atoms with van der Waals surface area (Å²) in [6.45, 7) is 5.85. The summed E-state index contributed by atoms with van der Waals surface area (Å²) in [5, 5.41) is 0. The fourth-order valence-electron chi connectivity index (χ4n) is 3.49. The normalized spacial score (nSPS) is 25.0. The first-order valence-corrected chi connectivity index (χ1v) is 7.68. The SMILES string of the molecule is CCOc1ccccc1C(CN)C1CCCC(C)C1.